The third kappa shape index (κ3) is 7.67. The molecule has 0 fully saturated rings. The quantitative estimate of drug-likeness (QED) is 0.151. The zero-order valence-electron chi connectivity index (χ0n) is 16.9. The molecule has 0 N–H and O–H groups in total. The van der Waals surface area contributed by atoms with E-state index in [9.17, 15) is 0 Å². The molecule has 1 aromatic heterocycles. The Morgan fingerprint density at radius 1 is 0.839 bits per heavy atom. The van der Waals surface area contributed by atoms with Crippen LogP contribution in [0.1, 0.15) is 11.1 Å². The van der Waals surface area contributed by atoms with Gasteiger partial charge in [0.05, 0.1) is 0 Å². The first-order valence-electron chi connectivity index (χ1n) is 9.58. The first-order chi connectivity index (χ1) is 14.9. The number of rotatable bonds is 5. The second-order valence-electron chi connectivity index (χ2n) is 6.89. The van der Waals surface area contributed by atoms with Gasteiger partial charge in [-0.05, 0) is 17.7 Å². The van der Waals surface area contributed by atoms with Crippen LogP contribution in [0.5, 0.6) is 0 Å². The van der Waals surface area contributed by atoms with Crippen molar-refractivity contribution in [2.75, 3.05) is 0 Å². The summed E-state index contributed by atoms with van der Waals surface area (Å²) in [5, 5.41) is 0.794. The second-order valence-corrected chi connectivity index (χ2v) is 12.5. The number of aryl methyl sites for hydroxylation is 1. The molecule has 0 unspecified atom stereocenters. The van der Waals surface area contributed by atoms with E-state index in [1.54, 1.807) is 0 Å². The van der Waals surface area contributed by atoms with Crippen LogP contribution < -0.4 is 0 Å². The van der Waals surface area contributed by atoms with Crippen LogP contribution in [-0.2, 0) is 39.5 Å². The van der Waals surface area contributed by atoms with E-state index in [1.807, 2.05) is 24.3 Å². The summed E-state index contributed by atoms with van der Waals surface area (Å²) in [5.74, 6) is 0. The van der Waals surface area contributed by atoms with Gasteiger partial charge in [-0.25, -0.2) is 0 Å². The van der Waals surface area contributed by atoms with E-state index in [2.05, 4.69) is 149 Å². The van der Waals surface area contributed by atoms with Crippen molar-refractivity contribution in [2.24, 2.45) is 7.05 Å². The first-order valence-corrected chi connectivity index (χ1v) is 13.0. The van der Waals surface area contributed by atoms with E-state index in [4.69, 9.17) is 11.6 Å². The summed E-state index contributed by atoms with van der Waals surface area (Å²) in [5.41, 5.74) is 5.10. The Morgan fingerprint density at radius 3 is 2.00 bits per heavy atom. The molecule has 7 heteroatoms. The average Bonchev–Trinajstić information content (AvgIpc) is 3.05. The van der Waals surface area contributed by atoms with Crippen LogP contribution in [0.15, 0.2) is 91.1 Å². The molecule has 4 aromatic rings. The Morgan fingerprint density at radius 2 is 1.42 bits per heavy atom. The van der Waals surface area contributed by atoms with Crippen LogP contribution in [0.3, 0.4) is 0 Å². The summed E-state index contributed by atoms with van der Waals surface area (Å²) in [4.78, 5) is 0. The molecule has 4 rings (SSSR count). The Hall–Kier alpha value is -0.732. The zero-order valence-corrected chi connectivity index (χ0v) is 24.2. The van der Waals surface area contributed by atoms with E-state index < -0.39 is 0 Å². The summed E-state index contributed by atoms with van der Waals surface area (Å²) in [7, 11) is 2.09. The minimum atomic E-state index is 0.794. The Kier molecular flexibility index (Phi) is 10.0. The zero-order chi connectivity index (χ0) is 22.2. The molecule has 1 heterocycles. The van der Waals surface area contributed by atoms with Gasteiger partial charge in [0, 0.05) is 57.3 Å². The number of imidazole rings is 1. The van der Waals surface area contributed by atoms with Crippen molar-refractivity contribution in [3.05, 3.63) is 111 Å². The van der Waals surface area contributed by atoms with Gasteiger partial charge in [-0.3, -0.25) is 0 Å². The van der Waals surface area contributed by atoms with Crippen LogP contribution in [0.4, 0.5) is 0 Å². The van der Waals surface area contributed by atoms with Crippen LogP contribution in [0, 0.1) is 3.80 Å². The molecule has 0 saturated carbocycles. The SMILES string of the molecule is Clc1ccc(CN(I)I)cc1.Cn1cc(-c2ccccc2)n(Cc2ccccc2)[c]1=[Pt]. The van der Waals surface area contributed by atoms with Gasteiger partial charge in [0.1, 0.15) is 0 Å². The van der Waals surface area contributed by atoms with E-state index in [1.165, 1.54) is 26.2 Å². The molecule has 0 bridgehead atoms. The standard InChI is InChI=1S/C17H16N2.C7H6ClI2N.Pt/c1-18-13-17(16-10-6-3-7-11-16)19(14-18)12-15-8-4-2-5-9-15;8-7-3-1-6(2-4-7)5-11(9)10;/h2-11,13H,12H2,1H3;1-4H,5H2;. The summed E-state index contributed by atoms with van der Waals surface area (Å²) < 4.78 is 7.82. The molecule has 0 amide bonds. The van der Waals surface area contributed by atoms with Gasteiger partial charge < -0.3 is 0 Å². The van der Waals surface area contributed by atoms with Crippen molar-refractivity contribution in [1.29, 1.82) is 0 Å². The number of halogens is 3. The van der Waals surface area contributed by atoms with Gasteiger partial charge in [-0.2, -0.15) is 1.33 Å². The maximum atomic E-state index is 5.73. The third-order valence-corrected chi connectivity index (χ3v) is 6.90. The molecule has 0 aliphatic rings. The van der Waals surface area contributed by atoms with Gasteiger partial charge in [0.2, 0.25) is 0 Å². The third-order valence-electron chi connectivity index (χ3n) is 4.55. The molecule has 0 aliphatic heterocycles. The fourth-order valence-corrected chi connectivity index (χ4v) is 4.58. The molecule has 0 aliphatic carbocycles. The van der Waals surface area contributed by atoms with Crippen LogP contribution in [0.2, 0.25) is 5.02 Å². The number of benzene rings is 3. The first kappa shape index (κ1) is 24.9. The minimum absolute atomic E-state index is 0.794. The van der Waals surface area contributed by atoms with E-state index >= 15 is 0 Å². The van der Waals surface area contributed by atoms with Crippen molar-refractivity contribution in [3.63, 3.8) is 0 Å². The van der Waals surface area contributed by atoms with Gasteiger partial charge in [0.25, 0.3) is 0 Å². The second kappa shape index (κ2) is 12.5. The van der Waals surface area contributed by atoms with Crippen LogP contribution in [0.25, 0.3) is 11.3 Å². The molecule has 0 spiro atoms. The van der Waals surface area contributed by atoms with Gasteiger partial charge >= 0.3 is 130 Å². The van der Waals surface area contributed by atoms with E-state index in [0.29, 0.717) is 0 Å². The van der Waals surface area contributed by atoms with Crippen LogP contribution in [-0.4, -0.2) is 10.5 Å². The number of aromatic nitrogens is 2. The molecule has 3 aromatic carbocycles. The van der Waals surface area contributed by atoms with Gasteiger partial charge in [0.15, 0.2) is 0 Å². The van der Waals surface area contributed by atoms with E-state index in [-0.39, 0.29) is 0 Å². The predicted octanol–water partition coefficient (Wildman–Crippen LogP) is 7.46. The summed E-state index contributed by atoms with van der Waals surface area (Å²) >= 11 is 12.6. The van der Waals surface area contributed by atoms with Crippen molar-refractivity contribution < 1.29 is 19.4 Å². The molecule has 0 saturated heterocycles. The molecular formula is C24H22ClI2N3Pt. The van der Waals surface area contributed by atoms with Gasteiger partial charge in [-0.15, -0.1) is 0 Å². The predicted molar refractivity (Wildman–Crippen MR) is 143 cm³/mol. The van der Waals surface area contributed by atoms with Crippen molar-refractivity contribution >= 4 is 57.3 Å². The average molecular weight is 837 g/mol. The Balaban J connectivity index is 0.000000210. The molecule has 31 heavy (non-hydrogen) atoms. The summed E-state index contributed by atoms with van der Waals surface area (Å²) in [6.45, 7) is 1.84. The van der Waals surface area contributed by atoms with Crippen molar-refractivity contribution in [2.45, 2.75) is 13.1 Å². The Labute approximate surface area is 227 Å². The monoisotopic (exact) mass is 836 g/mol. The molecule has 3 nitrogen and oxygen atoms in total. The van der Waals surface area contributed by atoms with Crippen molar-refractivity contribution in [3.8, 4) is 11.3 Å². The molecule has 0 atom stereocenters. The Bertz CT molecular complexity index is 1140. The molecular weight excluding hydrogens is 815 g/mol. The topological polar surface area (TPSA) is 13.1 Å². The molecule has 164 valence electrons. The number of hydrogen-bond donors (Lipinski definition) is 0. The van der Waals surface area contributed by atoms with Gasteiger partial charge in [-0.1, -0.05) is 23.7 Å². The summed E-state index contributed by atoms with van der Waals surface area (Å²) in [6.07, 6.45) is 2.20. The molecule has 0 radical (unpaired) electrons. The fourth-order valence-electron chi connectivity index (χ4n) is 3.06. The fraction of sp³-hybridized carbons (Fsp3) is 0.125. The number of nitrogens with zero attached hydrogens (tertiary/aromatic N) is 3. The number of hydrogen-bond acceptors (Lipinski definition) is 1. The maximum absolute atomic E-state index is 5.73. The van der Waals surface area contributed by atoms with E-state index in [0.717, 1.165) is 18.1 Å². The van der Waals surface area contributed by atoms with Crippen LogP contribution >= 0.6 is 57.3 Å². The van der Waals surface area contributed by atoms with Crippen molar-refractivity contribution in [1.82, 2.24) is 10.5 Å². The summed E-state index contributed by atoms with van der Waals surface area (Å²) in [6, 6.07) is 29.0. The normalized spacial score (nSPS) is 10.7.